The van der Waals surface area contributed by atoms with E-state index in [1.165, 1.54) is 60.3 Å². The Bertz CT molecular complexity index is 1350. The minimum absolute atomic E-state index is 0.179. The average Bonchev–Trinajstić information content (AvgIpc) is 3.28. The van der Waals surface area contributed by atoms with E-state index in [0.29, 0.717) is 11.1 Å². The number of carbonyl (C=O) groups is 2. The van der Waals surface area contributed by atoms with E-state index >= 15 is 0 Å². The lowest BCUT2D eigenvalue weighted by molar-refractivity contribution is 0.0990. The van der Waals surface area contributed by atoms with Crippen LogP contribution in [-0.2, 0) is 6.54 Å². The van der Waals surface area contributed by atoms with Gasteiger partial charge in [-0.05, 0) is 36.3 Å². The molecule has 166 valence electrons. The highest BCUT2D eigenvalue weighted by atomic mass is 16.2. The maximum absolute atomic E-state index is 12.8. The van der Waals surface area contributed by atoms with Crippen molar-refractivity contribution in [3.8, 4) is 0 Å². The first-order valence-corrected chi connectivity index (χ1v) is 12.1. The van der Waals surface area contributed by atoms with E-state index in [1.807, 2.05) is 6.07 Å². The third-order valence-electron chi connectivity index (χ3n) is 6.75. The van der Waals surface area contributed by atoms with Crippen molar-refractivity contribution in [2.75, 3.05) is 0 Å². The van der Waals surface area contributed by atoms with Crippen LogP contribution in [0.3, 0.4) is 0 Å². The van der Waals surface area contributed by atoms with E-state index in [9.17, 15) is 9.59 Å². The summed E-state index contributed by atoms with van der Waals surface area (Å²) in [7, 11) is 0. The molecule has 4 aromatic rings. The van der Waals surface area contributed by atoms with Gasteiger partial charge in [0.15, 0.2) is 11.6 Å². The molecule has 0 fully saturated rings. The highest BCUT2D eigenvalue weighted by molar-refractivity contribution is 6.41. The molecule has 0 saturated carbocycles. The Kier molecular flexibility index (Phi) is 5.95. The number of aromatic nitrogens is 1. The van der Waals surface area contributed by atoms with Crippen LogP contribution >= 0.6 is 0 Å². The van der Waals surface area contributed by atoms with E-state index in [1.54, 1.807) is 30.3 Å². The van der Waals surface area contributed by atoms with Gasteiger partial charge in [0.05, 0.1) is 5.57 Å². The van der Waals surface area contributed by atoms with E-state index in [0.717, 1.165) is 12.1 Å². The molecule has 1 heterocycles. The molecule has 0 atom stereocenters. The molecule has 0 bridgehead atoms. The zero-order chi connectivity index (χ0) is 22.8. The molecule has 3 aromatic carbocycles. The minimum atomic E-state index is -0.179. The van der Waals surface area contributed by atoms with Gasteiger partial charge in [0.1, 0.15) is 0 Å². The SMILES string of the molecule is CCCCCCCCn1c2ccccc2c2cc(C=C3C(=O)c4ccccc4C3=O)ccc21. The van der Waals surface area contributed by atoms with Gasteiger partial charge in [-0.15, -0.1) is 0 Å². The summed E-state index contributed by atoms with van der Waals surface area (Å²) in [6.07, 6.45) is 9.39. The summed E-state index contributed by atoms with van der Waals surface area (Å²) < 4.78 is 2.42. The van der Waals surface area contributed by atoms with E-state index in [4.69, 9.17) is 0 Å². The highest BCUT2D eigenvalue weighted by Crippen LogP contribution is 2.32. The Morgan fingerprint density at radius 2 is 1.33 bits per heavy atom. The van der Waals surface area contributed by atoms with Gasteiger partial charge >= 0.3 is 0 Å². The van der Waals surface area contributed by atoms with Gasteiger partial charge in [-0.3, -0.25) is 9.59 Å². The molecule has 1 aliphatic rings. The largest absolute Gasteiger partial charge is 0.340 e. The van der Waals surface area contributed by atoms with E-state index in [-0.39, 0.29) is 17.1 Å². The molecule has 0 spiro atoms. The molecule has 0 amide bonds. The summed E-state index contributed by atoms with van der Waals surface area (Å²) in [6, 6.07) is 21.9. The van der Waals surface area contributed by atoms with Crippen LogP contribution in [-0.4, -0.2) is 16.1 Å². The number of nitrogens with zero attached hydrogens (tertiary/aromatic N) is 1. The normalized spacial score (nSPS) is 13.3. The number of ketones is 2. The zero-order valence-corrected chi connectivity index (χ0v) is 19.1. The monoisotopic (exact) mass is 435 g/mol. The maximum atomic E-state index is 12.8. The number of carbonyl (C=O) groups excluding carboxylic acids is 2. The number of para-hydroxylation sites is 1. The van der Waals surface area contributed by atoms with Crippen LogP contribution in [0.4, 0.5) is 0 Å². The van der Waals surface area contributed by atoms with Gasteiger partial charge in [0, 0.05) is 39.5 Å². The van der Waals surface area contributed by atoms with Crippen molar-refractivity contribution in [2.24, 2.45) is 0 Å². The fourth-order valence-corrected chi connectivity index (χ4v) is 5.02. The molecule has 0 radical (unpaired) electrons. The number of fused-ring (bicyclic) bond motifs is 4. The molecule has 1 aromatic heterocycles. The second kappa shape index (κ2) is 9.19. The van der Waals surface area contributed by atoms with Gasteiger partial charge < -0.3 is 4.57 Å². The van der Waals surface area contributed by atoms with Crippen molar-refractivity contribution in [3.63, 3.8) is 0 Å². The number of aryl methyl sites for hydroxylation is 1. The van der Waals surface area contributed by atoms with Gasteiger partial charge in [-0.1, -0.05) is 87.6 Å². The summed E-state index contributed by atoms with van der Waals surface area (Å²) in [5.41, 5.74) is 4.60. The molecule has 5 rings (SSSR count). The molecule has 0 saturated heterocycles. The Balaban J connectivity index is 1.48. The van der Waals surface area contributed by atoms with Gasteiger partial charge in [0.25, 0.3) is 0 Å². The number of benzene rings is 3. The predicted molar refractivity (Wildman–Crippen MR) is 136 cm³/mol. The Morgan fingerprint density at radius 3 is 2.09 bits per heavy atom. The smallest absolute Gasteiger partial charge is 0.197 e. The second-order valence-electron chi connectivity index (χ2n) is 8.97. The number of hydrogen-bond donors (Lipinski definition) is 0. The van der Waals surface area contributed by atoms with Gasteiger partial charge in [-0.25, -0.2) is 0 Å². The van der Waals surface area contributed by atoms with Gasteiger partial charge in [0.2, 0.25) is 0 Å². The second-order valence-corrected chi connectivity index (χ2v) is 8.97. The first-order valence-electron chi connectivity index (χ1n) is 12.1. The molecule has 0 aliphatic heterocycles. The highest BCUT2D eigenvalue weighted by Gasteiger charge is 2.32. The first kappa shape index (κ1) is 21.4. The van der Waals surface area contributed by atoms with Crippen molar-refractivity contribution in [1.82, 2.24) is 4.57 Å². The summed E-state index contributed by atoms with van der Waals surface area (Å²) in [5, 5.41) is 2.38. The standard InChI is InChI=1S/C30H29NO2/c1-2-3-4-5-6-11-18-31-27-15-10-9-12-22(27)25-19-21(16-17-28(25)31)20-26-29(32)23-13-7-8-14-24(23)30(26)33/h7-10,12-17,19-20H,2-6,11,18H2,1H3. The van der Waals surface area contributed by atoms with Crippen molar-refractivity contribution in [2.45, 2.75) is 52.0 Å². The lowest BCUT2D eigenvalue weighted by Crippen LogP contribution is -2.00. The van der Waals surface area contributed by atoms with Crippen molar-refractivity contribution < 1.29 is 9.59 Å². The van der Waals surface area contributed by atoms with Crippen LogP contribution < -0.4 is 0 Å². The number of rotatable bonds is 8. The molecular weight excluding hydrogens is 406 g/mol. The number of unbranched alkanes of at least 4 members (excludes halogenated alkanes) is 5. The van der Waals surface area contributed by atoms with Crippen LogP contribution in [0.2, 0.25) is 0 Å². The third-order valence-corrected chi connectivity index (χ3v) is 6.75. The van der Waals surface area contributed by atoms with E-state index in [2.05, 4.69) is 47.9 Å². The average molecular weight is 436 g/mol. The lowest BCUT2D eigenvalue weighted by atomic mass is 10.0. The van der Waals surface area contributed by atoms with Gasteiger partial charge in [-0.2, -0.15) is 0 Å². The number of allylic oxidation sites excluding steroid dienone is 1. The molecule has 33 heavy (non-hydrogen) atoms. The zero-order valence-electron chi connectivity index (χ0n) is 19.1. The molecule has 0 unspecified atom stereocenters. The minimum Gasteiger partial charge on any atom is -0.340 e. The van der Waals surface area contributed by atoms with Crippen molar-refractivity contribution >= 4 is 39.4 Å². The van der Waals surface area contributed by atoms with E-state index < -0.39 is 0 Å². The van der Waals surface area contributed by atoms with Crippen LogP contribution in [0.15, 0.2) is 72.3 Å². The number of hydrogen-bond acceptors (Lipinski definition) is 2. The lowest BCUT2D eigenvalue weighted by Gasteiger charge is -2.08. The molecule has 1 aliphatic carbocycles. The first-order chi connectivity index (χ1) is 16.2. The summed E-state index contributed by atoms with van der Waals surface area (Å²) in [4.78, 5) is 25.6. The number of Topliss-reactive ketones (excluding diaryl/α,β-unsaturated/α-hetero) is 2. The van der Waals surface area contributed by atoms with Crippen LogP contribution in [0.5, 0.6) is 0 Å². The van der Waals surface area contributed by atoms with Crippen molar-refractivity contribution in [1.29, 1.82) is 0 Å². The van der Waals surface area contributed by atoms with Crippen molar-refractivity contribution in [3.05, 3.63) is 89.0 Å². The summed E-state index contributed by atoms with van der Waals surface area (Å²) in [6.45, 7) is 3.25. The molecular formula is C30H29NO2. The van der Waals surface area contributed by atoms with Crippen LogP contribution in [0.25, 0.3) is 27.9 Å². The predicted octanol–water partition coefficient (Wildman–Crippen LogP) is 7.62. The van der Waals surface area contributed by atoms with Crippen LogP contribution in [0, 0.1) is 0 Å². The quantitative estimate of drug-likeness (QED) is 0.162. The maximum Gasteiger partial charge on any atom is 0.197 e. The fraction of sp³-hybridized carbons (Fsp3) is 0.267. The molecule has 3 nitrogen and oxygen atoms in total. The molecule has 0 N–H and O–H groups in total. The topological polar surface area (TPSA) is 39.1 Å². The Morgan fingerprint density at radius 1 is 0.697 bits per heavy atom. The summed E-state index contributed by atoms with van der Waals surface area (Å²) >= 11 is 0. The Hall–Kier alpha value is -3.46. The summed E-state index contributed by atoms with van der Waals surface area (Å²) in [5.74, 6) is -0.359. The van der Waals surface area contributed by atoms with Crippen LogP contribution in [0.1, 0.15) is 71.7 Å². The fourth-order valence-electron chi connectivity index (χ4n) is 5.02. The molecule has 3 heteroatoms. The Labute approximate surface area is 194 Å². The third kappa shape index (κ3) is 3.93.